The minimum absolute atomic E-state index is 0.290. The van der Waals surface area contributed by atoms with Gasteiger partial charge in [0.15, 0.2) is 5.78 Å². The van der Waals surface area contributed by atoms with Crippen molar-refractivity contribution in [2.75, 3.05) is 7.11 Å². The maximum absolute atomic E-state index is 12.4. The van der Waals surface area contributed by atoms with E-state index in [4.69, 9.17) is 11.6 Å². The Labute approximate surface area is 144 Å². The van der Waals surface area contributed by atoms with E-state index in [9.17, 15) is 14.4 Å². The molecule has 124 valence electrons. The number of nitrogens with zero attached hydrogens (tertiary/aromatic N) is 1. The van der Waals surface area contributed by atoms with Crippen molar-refractivity contribution >= 4 is 41.0 Å². The first kappa shape index (κ1) is 17.8. The third-order valence-corrected chi connectivity index (χ3v) is 5.78. The van der Waals surface area contributed by atoms with Gasteiger partial charge in [-0.15, -0.1) is 11.8 Å². The van der Waals surface area contributed by atoms with Crippen LogP contribution in [0, 0.1) is 5.92 Å². The molecule has 0 saturated carbocycles. The molecule has 3 atom stereocenters. The Morgan fingerprint density at radius 2 is 1.96 bits per heavy atom. The minimum Gasteiger partial charge on any atom is -0.466 e. The summed E-state index contributed by atoms with van der Waals surface area (Å²) < 4.78 is 4.65. The number of Topliss-reactive ketones (excluding diaryl/α,β-unsaturated/α-hetero) is 1. The molecular formula is C16H18ClNO4S. The number of carbonyl (C=O) groups is 3. The van der Waals surface area contributed by atoms with Crippen molar-refractivity contribution in [2.24, 2.45) is 5.92 Å². The lowest BCUT2D eigenvalue weighted by Gasteiger charge is -2.51. The Balaban J connectivity index is 2.36. The summed E-state index contributed by atoms with van der Waals surface area (Å²) in [6, 6.07) is 9.46. The fraction of sp³-hybridized carbons (Fsp3) is 0.438. The Kier molecular flexibility index (Phi) is 5.37. The highest BCUT2D eigenvalue weighted by atomic mass is 35.5. The van der Waals surface area contributed by atoms with Crippen molar-refractivity contribution in [3.8, 4) is 0 Å². The number of methoxy groups -OCH3 is 1. The van der Waals surface area contributed by atoms with Gasteiger partial charge >= 0.3 is 5.97 Å². The van der Waals surface area contributed by atoms with Crippen molar-refractivity contribution < 1.29 is 19.1 Å². The fourth-order valence-electron chi connectivity index (χ4n) is 2.55. The Bertz CT molecular complexity index is 624. The van der Waals surface area contributed by atoms with Crippen LogP contribution >= 0.6 is 23.4 Å². The van der Waals surface area contributed by atoms with Gasteiger partial charge in [0.05, 0.1) is 18.4 Å². The lowest BCUT2D eigenvalue weighted by Crippen LogP contribution is -2.71. The highest BCUT2D eigenvalue weighted by Gasteiger charge is 2.62. The molecular weight excluding hydrogens is 338 g/mol. The number of esters is 1. The number of amides is 1. The molecule has 1 amide bonds. The van der Waals surface area contributed by atoms with Crippen LogP contribution in [-0.4, -0.2) is 40.0 Å². The molecule has 0 aliphatic carbocycles. The molecule has 1 saturated heterocycles. The van der Waals surface area contributed by atoms with Crippen LogP contribution in [0.5, 0.6) is 0 Å². The zero-order valence-electron chi connectivity index (χ0n) is 13.1. The highest BCUT2D eigenvalue weighted by Crippen LogP contribution is 2.46. The average Bonchev–Trinajstić information content (AvgIpc) is 2.54. The molecule has 0 unspecified atom stereocenters. The lowest BCUT2D eigenvalue weighted by molar-refractivity contribution is -0.172. The molecule has 7 heteroatoms. The van der Waals surface area contributed by atoms with E-state index in [1.807, 2.05) is 37.3 Å². The molecule has 1 aromatic rings. The molecule has 0 N–H and O–H groups in total. The standard InChI is InChI=1S/C16H18ClNO4S/c1-4-12-13(20)18(16(17,10(2)19)15(21)22-3)14(12)23-11-8-6-5-7-9-11/h5-9,12,14H,4H2,1-3H3/t12-,14+,16-/m0/s1. The molecule has 1 fully saturated rings. The molecule has 0 radical (unpaired) electrons. The summed E-state index contributed by atoms with van der Waals surface area (Å²) in [6.45, 7) is 3.07. The Hall–Kier alpha value is -1.53. The number of hydrogen-bond acceptors (Lipinski definition) is 5. The molecule has 0 bridgehead atoms. The number of hydrogen-bond donors (Lipinski definition) is 0. The van der Waals surface area contributed by atoms with Crippen molar-refractivity contribution in [3.63, 3.8) is 0 Å². The number of rotatable bonds is 6. The summed E-state index contributed by atoms with van der Waals surface area (Å²) in [5.41, 5.74) is 0. The smallest absolute Gasteiger partial charge is 0.355 e. The number of carbonyl (C=O) groups excluding carboxylic acids is 3. The summed E-state index contributed by atoms with van der Waals surface area (Å²) in [5.74, 6) is -2.17. The monoisotopic (exact) mass is 355 g/mol. The van der Waals surface area contributed by atoms with Gasteiger partial charge in [-0.3, -0.25) is 14.5 Å². The summed E-state index contributed by atoms with van der Waals surface area (Å²) in [7, 11) is 1.14. The number of alkyl halides is 1. The fourth-order valence-corrected chi connectivity index (χ4v) is 4.30. The van der Waals surface area contributed by atoms with Crippen LogP contribution in [0.1, 0.15) is 20.3 Å². The zero-order chi connectivity index (χ0) is 17.2. The van der Waals surface area contributed by atoms with E-state index in [1.54, 1.807) is 0 Å². The number of ether oxygens (including phenoxy) is 1. The maximum atomic E-state index is 12.4. The number of likely N-dealkylation sites (tertiary alicyclic amines) is 1. The third kappa shape index (κ3) is 2.97. The van der Waals surface area contributed by atoms with Crippen LogP contribution in [-0.2, 0) is 19.1 Å². The number of ketones is 1. The molecule has 5 nitrogen and oxygen atoms in total. The van der Waals surface area contributed by atoms with Gasteiger partial charge in [-0.2, -0.15) is 0 Å². The van der Waals surface area contributed by atoms with Crippen LogP contribution in [0.4, 0.5) is 0 Å². The number of thioether (sulfide) groups is 1. The van der Waals surface area contributed by atoms with Crippen molar-refractivity contribution in [3.05, 3.63) is 30.3 Å². The quantitative estimate of drug-likeness (QED) is 0.258. The van der Waals surface area contributed by atoms with Gasteiger partial charge in [0.25, 0.3) is 5.00 Å². The normalized spacial score (nSPS) is 23.0. The van der Waals surface area contributed by atoms with E-state index in [0.717, 1.165) is 16.9 Å². The van der Waals surface area contributed by atoms with Crippen molar-refractivity contribution in [1.82, 2.24) is 4.90 Å². The van der Waals surface area contributed by atoms with Crippen molar-refractivity contribution in [2.45, 2.75) is 35.5 Å². The molecule has 1 heterocycles. The van der Waals surface area contributed by atoms with Crippen molar-refractivity contribution in [1.29, 1.82) is 0 Å². The zero-order valence-corrected chi connectivity index (χ0v) is 14.7. The van der Waals surface area contributed by atoms with Gasteiger partial charge in [-0.25, -0.2) is 4.79 Å². The second kappa shape index (κ2) is 6.93. The van der Waals surface area contributed by atoms with Crippen LogP contribution in [0.2, 0.25) is 0 Å². The predicted molar refractivity (Wildman–Crippen MR) is 88.0 cm³/mol. The molecule has 23 heavy (non-hydrogen) atoms. The van der Waals surface area contributed by atoms with Gasteiger partial charge in [0, 0.05) is 4.90 Å². The van der Waals surface area contributed by atoms with Gasteiger partial charge in [-0.05, 0) is 25.5 Å². The average molecular weight is 356 g/mol. The summed E-state index contributed by atoms with van der Waals surface area (Å²) in [6.07, 6.45) is 0.603. The van der Waals surface area contributed by atoms with E-state index < -0.39 is 22.1 Å². The van der Waals surface area contributed by atoms with Gasteiger partial charge < -0.3 is 4.74 Å². The largest absolute Gasteiger partial charge is 0.466 e. The molecule has 1 aromatic carbocycles. The van der Waals surface area contributed by atoms with Gasteiger partial charge in [0.2, 0.25) is 5.91 Å². The summed E-state index contributed by atoms with van der Waals surface area (Å²) in [4.78, 5) is 36.5. The minimum atomic E-state index is -2.11. The summed E-state index contributed by atoms with van der Waals surface area (Å²) in [5, 5.41) is -0.393. The van der Waals surface area contributed by atoms with Crippen LogP contribution in [0.3, 0.4) is 0 Å². The number of halogens is 1. The first-order chi connectivity index (χ1) is 10.9. The van der Waals surface area contributed by atoms with E-state index in [0.29, 0.717) is 6.42 Å². The molecule has 1 aliphatic heterocycles. The third-order valence-electron chi connectivity index (χ3n) is 3.85. The van der Waals surface area contributed by atoms with Crippen LogP contribution in [0.15, 0.2) is 35.2 Å². The van der Waals surface area contributed by atoms with E-state index >= 15 is 0 Å². The Morgan fingerprint density at radius 1 is 1.35 bits per heavy atom. The predicted octanol–water partition coefficient (Wildman–Crippen LogP) is 2.67. The molecule has 2 rings (SSSR count). The second-order valence-electron chi connectivity index (χ2n) is 5.21. The lowest BCUT2D eigenvalue weighted by atomic mass is 9.92. The second-order valence-corrected chi connectivity index (χ2v) is 6.95. The Morgan fingerprint density at radius 3 is 2.43 bits per heavy atom. The van der Waals surface area contributed by atoms with Gasteiger partial charge in [0.1, 0.15) is 0 Å². The highest BCUT2D eigenvalue weighted by molar-refractivity contribution is 8.00. The molecule has 1 aliphatic rings. The van der Waals surface area contributed by atoms with Crippen LogP contribution < -0.4 is 0 Å². The van der Waals surface area contributed by atoms with E-state index in [-0.39, 0.29) is 11.8 Å². The van der Waals surface area contributed by atoms with Crippen LogP contribution in [0.25, 0.3) is 0 Å². The SMILES string of the molecule is CC[C@H]1C(=O)N([C@@](Cl)(C(C)=O)C(=O)OC)[C@@H]1Sc1ccccc1. The summed E-state index contributed by atoms with van der Waals surface area (Å²) >= 11 is 7.68. The van der Waals surface area contributed by atoms with E-state index in [2.05, 4.69) is 4.74 Å². The number of β-lactam (4-membered cyclic amide) rings is 1. The number of benzene rings is 1. The van der Waals surface area contributed by atoms with E-state index in [1.165, 1.54) is 18.7 Å². The van der Waals surface area contributed by atoms with Gasteiger partial charge in [-0.1, -0.05) is 36.7 Å². The maximum Gasteiger partial charge on any atom is 0.355 e. The first-order valence-electron chi connectivity index (χ1n) is 7.21. The topological polar surface area (TPSA) is 63.7 Å². The molecule has 0 spiro atoms. The first-order valence-corrected chi connectivity index (χ1v) is 8.46. The molecule has 0 aromatic heterocycles.